The summed E-state index contributed by atoms with van der Waals surface area (Å²) in [4.78, 5) is 27.4. The average Bonchev–Trinajstić information content (AvgIpc) is 2.60. The molecule has 0 bridgehead atoms. The molecule has 0 radical (unpaired) electrons. The van der Waals surface area contributed by atoms with Crippen LogP contribution in [0.3, 0.4) is 0 Å². The van der Waals surface area contributed by atoms with Gasteiger partial charge in [-0.25, -0.2) is 9.18 Å². The second-order valence-corrected chi connectivity index (χ2v) is 5.26. The van der Waals surface area contributed by atoms with Crippen LogP contribution in [0.5, 0.6) is 5.75 Å². The molecule has 2 amide bonds. The maximum atomic E-state index is 13.5. The molecule has 1 aromatic rings. The van der Waals surface area contributed by atoms with Crippen molar-refractivity contribution in [3.05, 3.63) is 29.6 Å². The van der Waals surface area contributed by atoms with Crippen LogP contribution in [0.2, 0.25) is 0 Å². The lowest BCUT2D eigenvalue weighted by Crippen LogP contribution is -2.50. The van der Waals surface area contributed by atoms with Gasteiger partial charge in [-0.15, -0.1) is 0 Å². The molecule has 1 heterocycles. The zero-order valence-electron chi connectivity index (χ0n) is 13.7. The van der Waals surface area contributed by atoms with Gasteiger partial charge in [0.2, 0.25) is 0 Å². The molecule has 0 unspecified atom stereocenters. The van der Waals surface area contributed by atoms with E-state index in [1.807, 2.05) is 0 Å². The van der Waals surface area contributed by atoms with E-state index in [0.717, 1.165) is 6.07 Å². The number of nitrogens with two attached hydrogens (primary N) is 1. The lowest BCUT2D eigenvalue weighted by molar-refractivity contribution is 0.0567. The van der Waals surface area contributed by atoms with Crippen LogP contribution >= 0.6 is 0 Å². The van der Waals surface area contributed by atoms with Crippen molar-refractivity contribution in [1.29, 1.82) is 0 Å². The number of nitrogens with zero attached hydrogens (tertiary/aromatic N) is 2. The van der Waals surface area contributed by atoms with Crippen LogP contribution in [0.15, 0.2) is 18.2 Å². The first-order valence-electron chi connectivity index (χ1n) is 7.90. The van der Waals surface area contributed by atoms with Gasteiger partial charge in [0, 0.05) is 32.7 Å². The Morgan fingerprint density at radius 2 is 1.88 bits per heavy atom. The smallest absolute Gasteiger partial charge is 0.409 e. The minimum absolute atomic E-state index is 0.160. The topological polar surface area (TPSA) is 85.1 Å². The predicted molar refractivity (Wildman–Crippen MR) is 85.4 cm³/mol. The molecule has 1 aliphatic heterocycles. The maximum Gasteiger partial charge on any atom is 0.409 e. The second kappa shape index (κ2) is 8.49. The zero-order valence-corrected chi connectivity index (χ0v) is 13.7. The first kappa shape index (κ1) is 18.0. The summed E-state index contributed by atoms with van der Waals surface area (Å²) in [6.45, 7) is 4.03. The molecule has 0 spiro atoms. The van der Waals surface area contributed by atoms with E-state index in [1.54, 1.807) is 16.7 Å². The Bertz CT molecular complexity index is 589. The summed E-state index contributed by atoms with van der Waals surface area (Å²) in [7, 11) is 0. The van der Waals surface area contributed by atoms with Gasteiger partial charge in [0.1, 0.15) is 18.2 Å². The fraction of sp³-hybridized carbons (Fsp3) is 0.500. The van der Waals surface area contributed by atoms with Gasteiger partial charge >= 0.3 is 6.09 Å². The number of benzene rings is 1. The molecule has 132 valence electrons. The molecule has 0 saturated carbocycles. The van der Waals surface area contributed by atoms with Crippen LogP contribution < -0.4 is 10.5 Å². The predicted octanol–water partition coefficient (Wildman–Crippen LogP) is 1.08. The van der Waals surface area contributed by atoms with E-state index in [9.17, 15) is 14.0 Å². The first-order valence-corrected chi connectivity index (χ1v) is 7.90. The second-order valence-electron chi connectivity index (χ2n) is 5.26. The van der Waals surface area contributed by atoms with Crippen molar-refractivity contribution in [2.75, 3.05) is 45.9 Å². The highest BCUT2D eigenvalue weighted by Gasteiger charge is 2.27. The van der Waals surface area contributed by atoms with Gasteiger partial charge in [-0.2, -0.15) is 0 Å². The molecular weight excluding hydrogens is 317 g/mol. The summed E-state index contributed by atoms with van der Waals surface area (Å²) in [6, 6.07) is 3.82. The van der Waals surface area contributed by atoms with E-state index in [0.29, 0.717) is 45.1 Å². The van der Waals surface area contributed by atoms with E-state index in [4.69, 9.17) is 15.2 Å². The number of hydrogen-bond donors (Lipinski definition) is 1. The van der Waals surface area contributed by atoms with Gasteiger partial charge in [-0.05, 0) is 25.1 Å². The number of halogens is 1. The van der Waals surface area contributed by atoms with Crippen molar-refractivity contribution < 1.29 is 23.5 Å². The van der Waals surface area contributed by atoms with Crippen molar-refractivity contribution in [2.45, 2.75) is 6.92 Å². The Kier molecular flexibility index (Phi) is 6.36. The quantitative estimate of drug-likeness (QED) is 0.868. The lowest BCUT2D eigenvalue weighted by Gasteiger charge is -2.34. The minimum atomic E-state index is -0.511. The molecule has 7 nitrogen and oxygen atoms in total. The number of ether oxygens (including phenoxy) is 2. The van der Waals surface area contributed by atoms with Crippen molar-refractivity contribution in [2.24, 2.45) is 5.73 Å². The van der Waals surface area contributed by atoms with Gasteiger partial charge in [-0.1, -0.05) is 0 Å². The third-order valence-corrected chi connectivity index (χ3v) is 3.64. The van der Waals surface area contributed by atoms with Crippen LogP contribution in [-0.4, -0.2) is 67.7 Å². The summed E-state index contributed by atoms with van der Waals surface area (Å²) in [5.41, 5.74) is 5.56. The molecule has 8 heteroatoms. The van der Waals surface area contributed by atoms with Gasteiger partial charge < -0.3 is 25.0 Å². The summed E-state index contributed by atoms with van der Waals surface area (Å²) in [5, 5.41) is 0. The standard InChI is InChI=1S/C16H22FN3O4/c1-2-23-16(22)20-8-6-19(7-9-20)15(21)13-11-12(17)3-4-14(13)24-10-5-18/h3-4,11H,2,5-10,18H2,1H3. The number of piperazine rings is 1. The SMILES string of the molecule is CCOC(=O)N1CCN(C(=O)c2cc(F)ccc2OCCN)CC1. The first-order chi connectivity index (χ1) is 11.6. The number of hydrogen-bond acceptors (Lipinski definition) is 5. The Morgan fingerprint density at radius 3 is 2.50 bits per heavy atom. The fourth-order valence-electron chi connectivity index (χ4n) is 2.44. The Balaban J connectivity index is 2.05. The van der Waals surface area contributed by atoms with E-state index < -0.39 is 5.82 Å². The molecule has 0 aromatic heterocycles. The number of carbonyl (C=O) groups is 2. The molecule has 0 aliphatic carbocycles. The summed E-state index contributed by atoms with van der Waals surface area (Å²) < 4.78 is 23.9. The molecule has 0 atom stereocenters. The Hall–Kier alpha value is -2.35. The molecule has 2 N–H and O–H groups in total. The highest BCUT2D eigenvalue weighted by atomic mass is 19.1. The fourth-order valence-corrected chi connectivity index (χ4v) is 2.44. The number of carbonyl (C=O) groups excluding carboxylic acids is 2. The Labute approximate surface area is 140 Å². The van der Waals surface area contributed by atoms with E-state index in [-0.39, 0.29) is 24.2 Å². The third kappa shape index (κ3) is 4.35. The molecule has 24 heavy (non-hydrogen) atoms. The van der Waals surface area contributed by atoms with E-state index >= 15 is 0 Å². The van der Waals surface area contributed by atoms with Crippen molar-refractivity contribution >= 4 is 12.0 Å². The summed E-state index contributed by atoms with van der Waals surface area (Å²) in [5.74, 6) is -0.534. The molecule has 1 saturated heterocycles. The van der Waals surface area contributed by atoms with Crippen molar-refractivity contribution in [1.82, 2.24) is 9.80 Å². The van der Waals surface area contributed by atoms with Crippen LogP contribution in [0.4, 0.5) is 9.18 Å². The van der Waals surface area contributed by atoms with Crippen LogP contribution in [-0.2, 0) is 4.74 Å². The normalized spacial score (nSPS) is 14.5. The zero-order chi connectivity index (χ0) is 17.5. The van der Waals surface area contributed by atoms with Crippen LogP contribution in [0, 0.1) is 5.82 Å². The maximum absolute atomic E-state index is 13.5. The van der Waals surface area contributed by atoms with E-state index in [2.05, 4.69) is 0 Å². The van der Waals surface area contributed by atoms with Crippen LogP contribution in [0.25, 0.3) is 0 Å². The van der Waals surface area contributed by atoms with Gasteiger partial charge in [-0.3, -0.25) is 4.79 Å². The Morgan fingerprint density at radius 1 is 1.21 bits per heavy atom. The highest BCUT2D eigenvalue weighted by Crippen LogP contribution is 2.22. The van der Waals surface area contributed by atoms with Gasteiger partial charge in [0.15, 0.2) is 0 Å². The molecule has 1 aliphatic rings. The van der Waals surface area contributed by atoms with Gasteiger partial charge in [0.05, 0.1) is 12.2 Å². The molecule has 2 rings (SSSR count). The van der Waals surface area contributed by atoms with Crippen molar-refractivity contribution in [3.8, 4) is 5.75 Å². The van der Waals surface area contributed by atoms with Gasteiger partial charge in [0.25, 0.3) is 5.91 Å². The largest absolute Gasteiger partial charge is 0.491 e. The molecular formula is C16H22FN3O4. The third-order valence-electron chi connectivity index (χ3n) is 3.64. The van der Waals surface area contributed by atoms with Crippen LogP contribution in [0.1, 0.15) is 17.3 Å². The highest BCUT2D eigenvalue weighted by molar-refractivity contribution is 5.97. The summed E-state index contributed by atoms with van der Waals surface area (Å²) in [6.07, 6.45) is -0.387. The number of rotatable bonds is 5. The van der Waals surface area contributed by atoms with Crippen molar-refractivity contribution in [3.63, 3.8) is 0 Å². The lowest BCUT2D eigenvalue weighted by atomic mass is 10.1. The average molecular weight is 339 g/mol. The number of amides is 2. The van der Waals surface area contributed by atoms with E-state index in [1.165, 1.54) is 12.1 Å². The monoisotopic (exact) mass is 339 g/mol. The minimum Gasteiger partial charge on any atom is -0.491 e. The molecule has 1 aromatic carbocycles. The summed E-state index contributed by atoms with van der Waals surface area (Å²) >= 11 is 0. The molecule has 1 fully saturated rings.